The zero-order chi connectivity index (χ0) is 12.5. The fourth-order valence-electron chi connectivity index (χ4n) is 2.29. The summed E-state index contributed by atoms with van der Waals surface area (Å²) in [5, 5.41) is 9.56. The molecule has 0 spiro atoms. The molecule has 0 aromatic rings. The SMILES string of the molecule is CC(C1CC1)N(C)C(CO)C(N)C(C)(C)C. The number of nitrogens with two attached hydrogens (primary N) is 1. The average molecular weight is 228 g/mol. The standard InChI is InChI=1S/C13H28N2O/c1-9(10-6-7-10)15(5)11(8-16)12(14)13(2,3)4/h9-12,16H,6-8,14H2,1-5H3. The van der Waals surface area contributed by atoms with E-state index in [1.54, 1.807) is 0 Å². The van der Waals surface area contributed by atoms with Gasteiger partial charge in [-0.1, -0.05) is 20.8 Å². The van der Waals surface area contributed by atoms with Crippen molar-refractivity contribution in [3.05, 3.63) is 0 Å². The zero-order valence-electron chi connectivity index (χ0n) is 11.4. The molecule has 1 rings (SSSR count). The molecule has 3 unspecified atom stereocenters. The number of aliphatic hydroxyl groups is 1. The van der Waals surface area contributed by atoms with E-state index in [0.717, 1.165) is 5.92 Å². The van der Waals surface area contributed by atoms with Gasteiger partial charge in [0.2, 0.25) is 0 Å². The maximum absolute atomic E-state index is 9.56. The number of hydrogen-bond donors (Lipinski definition) is 2. The predicted octanol–water partition coefficient (Wildman–Crippen LogP) is 1.45. The molecule has 0 aromatic carbocycles. The van der Waals surface area contributed by atoms with Crippen molar-refractivity contribution in [2.75, 3.05) is 13.7 Å². The number of hydrogen-bond acceptors (Lipinski definition) is 3. The summed E-state index contributed by atoms with van der Waals surface area (Å²) in [5.74, 6) is 0.811. The van der Waals surface area contributed by atoms with E-state index in [1.165, 1.54) is 12.8 Å². The molecular formula is C13H28N2O. The molecule has 0 amide bonds. The van der Waals surface area contributed by atoms with E-state index in [-0.39, 0.29) is 24.1 Å². The Kier molecular flexibility index (Phi) is 4.38. The molecule has 0 aromatic heterocycles. The molecule has 3 N–H and O–H groups in total. The van der Waals surface area contributed by atoms with Gasteiger partial charge in [-0.2, -0.15) is 0 Å². The van der Waals surface area contributed by atoms with Crippen molar-refractivity contribution in [2.45, 2.75) is 58.7 Å². The number of rotatable bonds is 5. The lowest BCUT2D eigenvalue weighted by atomic mass is 9.82. The highest BCUT2D eigenvalue weighted by molar-refractivity contribution is 4.93. The summed E-state index contributed by atoms with van der Waals surface area (Å²) in [6, 6.07) is 0.602. The second kappa shape index (κ2) is 5.03. The third-order valence-electron chi connectivity index (χ3n) is 4.07. The van der Waals surface area contributed by atoms with Gasteiger partial charge in [0.05, 0.1) is 6.61 Å². The van der Waals surface area contributed by atoms with Crippen molar-refractivity contribution in [2.24, 2.45) is 17.1 Å². The van der Waals surface area contributed by atoms with Crippen LogP contribution in [0.4, 0.5) is 0 Å². The Balaban J connectivity index is 2.64. The van der Waals surface area contributed by atoms with Gasteiger partial charge in [-0.3, -0.25) is 4.90 Å². The number of aliphatic hydroxyl groups excluding tert-OH is 1. The highest BCUT2D eigenvalue weighted by atomic mass is 16.3. The van der Waals surface area contributed by atoms with Crippen LogP contribution in [0.15, 0.2) is 0 Å². The summed E-state index contributed by atoms with van der Waals surface area (Å²) in [6.45, 7) is 8.80. The number of nitrogens with zero attached hydrogens (tertiary/aromatic N) is 1. The van der Waals surface area contributed by atoms with Crippen LogP contribution >= 0.6 is 0 Å². The van der Waals surface area contributed by atoms with Crippen molar-refractivity contribution in [1.82, 2.24) is 4.90 Å². The predicted molar refractivity (Wildman–Crippen MR) is 68.3 cm³/mol. The molecular weight excluding hydrogens is 200 g/mol. The fraction of sp³-hybridized carbons (Fsp3) is 1.00. The van der Waals surface area contributed by atoms with Crippen molar-refractivity contribution in [3.63, 3.8) is 0 Å². The van der Waals surface area contributed by atoms with Crippen molar-refractivity contribution in [1.29, 1.82) is 0 Å². The topological polar surface area (TPSA) is 49.5 Å². The minimum Gasteiger partial charge on any atom is -0.395 e. The monoisotopic (exact) mass is 228 g/mol. The molecule has 1 aliphatic carbocycles. The van der Waals surface area contributed by atoms with Crippen molar-refractivity contribution < 1.29 is 5.11 Å². The highest BCUT2D eigenvalue weighted by Crippen LogP contribution is 2.36. The van der Waals surface area contributed by atoms with Gasteiger partial charge in [0.1, 0.15) is 0 Å². The molecule has 1 fully saturated rings. The van der Waals surface area contributed by atoms with Gasteiger partial charge < -0.3 is 10.8 Å². The summed E-state index contributed by atoms with van der Waals surface area (Å²) < 4.78 is 0. The lowest BCUT2D eigenvalue weighted by molar-refractivity contribution is 0.0588. The third kappa shape index (κ3) is 3.19. The van der Waals surface area contributed by atoms with Crippen molar-refractivity contribution >= 4 is 0 Å². The maximum Gasteiger partial charge on any atom is 0.0602 e. The lowest BCUT2D eigenvalue weighted by Crippen LogP contribution is -2.56. The molecule has 16 heavy (non-hydrogen) atoms. The summed E-state index contributed by atoms with van der Waals surface area (Å²) in [4.78, 5) is 2.27. The summed E-state index contributed by atoms with van der Waals surface area (Å²) in [7, 11) is 2.09. The second-order valence-electron chi connectivity index (χ2n) is 6.39. The molecule has 3 heteroatoms. The molecule has 0 radical (unpaired) electrons. The van der Waals surface area contributed by atoms with E-state index in [0.29, 0.717) is 6.04 Å². The smallest absolute Gasteiger partial charge is 0.0602 e. The molecule has 0 aliphatic heterocycles. The van der Waals surface area contributed by atoms with Gasteiger partial charge in [-0.25, -0.2) is 0 Å². The minimum atomic E-state index is 0.00343. The van der Waals surface area contributed by atoms with E-state index < -0.39 is 0 Å². The van der Waals surface area contributed by atoms with Gasteiger partial charge in [-0.15, -0.1) is 0 Å². The second-order valence-corrected chi connectivity index (χ2v) is 6.39. The van der Waals surface area contributed by atoms with E-state index in [4.69, 9.17) is 5.73 Å². The number of likely N-dealkylation sites (N-methyl/N-ethyl adjacent to an activating group) is 1. The first-order valence-electron chi connectivity index (χ1n) is 6.37. The van der Waals surface area contributed by atoms with E-state index in [1.807, 2.05) is 0 Å². The van der Waals surface area contributed by atoms with Crippen LogP contribution < -0.4 is 5.73 Å². The minimum absolute atomic E-state index is 0.00343. The van der Waals surface area contributed by atoms with Gasteiger partial charge in [0.15, 0.2) is 0 Å². The van der Waals surface area contributed by atoms with Gasteiger partial charge in [0, 0.05) is 18.1 Å². The normalized spacial score (nSPS) is 23.2. The van der Waals surface area contributed by atoms with Crippen LogP contribution in [0.3, 0.4) is 0 Å². The van der Waals surface area contributed by atoms with Crippen LogP contribution in [0, 0.1) is 11.3 Å². The van der Waals surface area contributed by atoms with Crippen LogP contribution in [0.1, 0.15) is 40.5 Å². The highest BCUT2D eigenvalue weighted by Gasteiger charge is 2.37. The maximum atomic E-state index is 9.56. The zero-order valence-corrected chi connectivity index (χ0v) is 11.4. The molecule has 3 atom stereocenters. The first-order valence-corrected chi connectivity index (χ1v) is 6.37. The molecule has 3 nitrogen and oxygen atoms in total. The van der Waals surface area contributed by atoms with E-state index in [2.05, 4.69) is 39.6 Å². The van der Waals surface area contributed by atoms with Crippen LogP contribution in [0.2, 0.25) is 0 Å². The first kappa shape index (κ1) is 13.9. The third-order valence-corrected chi connectivity index (χ3v) is 4.07. The lowest BCUT2D eigenvalue weighted by Gasteiger charge is -2.41. The Bertz CT molecular complexity index is 220. The molecule has 96 valence electrons. The molecule has 1 saturated carbocycles. The largest absolute Gasteiger partial charge is 0.395 e. The first-order chi connectivity index (χ1) is 7.29. The van der Waals surface area contributed by atoms with E-state index in [9.17, 15) is 5.11 Å². The van der Waals surface area contributed by atoms with Crippen LogP contribution in [0.25, 0.3) is 0 Å². The Morgan fingerprint density at radius 1 is 1.38 bits per heavy atom. The Morgan fingerprint density at radius 2 is 1.88 bits per heavy atom. The average Bonchev–Trinajstić information content (AvgIpc) is 2.99. The van der Waals surface area contributed by atoms with Gasteiger partial charge >= 0.3 is 0 Å². The summed E-state index contributed by atoms with van der Waals surface area (Å²) >= 11 is 0. The Morgan fingerprint density at radius 3 is 2.19 bits per heavy atom. The van der Waals surface area contributed by atoms with Crippen molar-refractivity contribution in [3.8, 4) is 0 Å². The quantitative estimate of drug-likeness (QED) is 0.749. The Hall–Kier alpha value is -0.120. The molecule has 0 bridgehead atoms. The summed E-state index contributed by atoms with van der Waals surface area (Å²) in [6.07, 6.45) is 2.66. The summed E-state index contributed by atoms with van der Waals surface area (Å²) in [5.41, 5.74) is 6.30. The fourth-order valence-corrected chi connectivity index (χ4v) is 2.29. The van der Waals surface area contributed by atoms with Gasteiger partial charge in [-0.05, 0) is 38.1 Å². The van der Waals surface area contributed by atoms with Crippen LogP contribution in [-0.4, -0.2) is 41.8 Å². The van der Waals surface area contributed by atoms with Crippen LogP contribution in [-0.2, 0) is 0 Å². The molecule has 0 saturated heterocycles. The Labute approximate surface area is 100 Å². The van der Waals surface area contributed by atoms with E-state index >= 15 is 0 Å². The molecule has 1 aliphatic rings. The van der Waals surface area contributed by atoms with Crippen LogP contribution in [0.5, 0.6) is 0 Å². The molecule has 0 heterocycles. The van der Waals surface area contributed by atoms with Gasteiger partial charge in [0.25, 0.3) is 0 Å².